The Morgan fingerprint density at radius 1 is 0.915 bits per heavy atom. The van der Waals surface area contributed by atoms with Crippen molar-refractivity contribution >= 4 is 38.8 Å². The zero-order valence-corrected chi connectivity index (χ0v) is 33.6. The topological polar surface area (TPSA) is 298 Å². The Labute approximate surface area is 343 Å². The lowest BCUT2D eigenvalue weighted by molar-refractivity contribution is -0.152. The van der Waals surface area contributed by atoms with Crippen LogP contribution in [0, 0.1) is 16.9 Å². The predicted molar refractivity (Wildman–Crippen MR) is 216 cm³/mol. The fourth-order valence-electron chi connectivity index (χ4n) is 5.66. The highest BCUT2D eigenvalue weighted by Crippen LogP contribution is 2.42. The van der Waals surface area contributed by atoms with Gasteiger partial charge in [-0.05, 0) is 50.5 Å². The molecular formula is C40H53N4O14S-. The van der Waals surface area contributed by atoms with E-state index in [9.17, 15) is 43.0 Å². The zero-order valence-electron chi connectivity index (χ0n) is 33.8. The minimum absolute atomic E-state index is 0. The largest absolute Gasteiger partial charge is 1.00 e. The van der Waals surface area contributed by atoms with Crippen molar-refractivity contribution in [2.24, 2.45) is 10.4 Å². The summed E-state index contributed by atoms with van der Waals surface area (Å²) < 4.78 is 49.1. The molecule has 18 nitrogen and oxygen atoms in total. The number of carboxylic acid groups (broad SMARTS) is 1. The van der Waals surface area contributed by atoms with E-state index in [0.717, 1.165) is 25.7 Å². The summed E-state index contributed by atoms with van der Waals surface area (Å²) in [6, 6.07) is 16.6. The quantitative estimate of drug-likeness (QED) is 0.0118. The number of aliphatic carboxylic acids is 1. The molecule has 1 heterocycles. The number of isocyanates is 1. The van der Waals surface area contributed by atoms with E-state index in [0.29, 0.717) is 52.1 Å². The highest BCUT2D eigenvalue weighted by Gasteiger charge is 2.31. The lowest BCUT2D eigenvalue weighted by atomic mass is 9.93. The number of fused-ring (bicyclic) bond motifs is 2. The Morgan fingerprint density at radius 2 is 1.56 bits per heavy atom. The van der Waals surface area contributed by atoms with Crippen LogP contribution in [0.1, 0.15) is 34.0 Å². The van der Waals surface area contributed by atoms with Crippen LogP contribution >= 0.6 is 0 Å². The van der Waals surface area contributed by atoms with E-state index in [2.05, 4.69) is 9.73 Å². The molecular weight excluding hydrogens is 793 g/mol. The fourth-order valence-corrected chi connectivity index (χ4v) is 6.35. The summed E-state index contributed by atoms with van der Waals surface area (Å²) in [5.41, 5.74) is 0.996. The first-order valence-electron chi connectivity index (χ1n) is 18.6. The molecule has 0 atom stereocenters. The smallest absolute Gasteiger partial charge is 0.314 e. The van der Waals surface area contributed by atoms with Gasteiger partial charge in [-0.15, -0.1) is 0 Å². The number of ether oxygens (including phenoxy) is 1. The van der Waals surface area contributed by atoms with Gasteiger partial charge in [-0.3, -0.25) is 4.79 Å². The number of nitrogens with zero attached hydrogens (tertiary/aromatic N) is 4. The molecule has 2 aliphatic rings. The molecule has 0 amide bonds. The van der Waals surface area contributed by atoms with Crippen LogP contribution in [-0.4, -0.2) is 140 Å². The van der Waals surface area contributed by atoms with Crippen molar-refractivity contribution in [1.29, 1.82) is 5.26 Å². The van der Waals surface area contributed by atoms with E-state index in [1.54, 1.807) is 64.3 Å². The molecule has 0 unspecified atom stereocenters. The second-order valence-corrected chi connectivity index (χ2v) is 14.5. The number of hydrogen-bond donors (Lipinski definition) is 7. The Bertz CT molecular complexity index is 2150. The second kappa shape index (κ2) is 26.0. The van der Waals surface area contributed by atoms with E-state index < -0.39 is 34.7 Å². The predicted octanol–water partition coefficient (Wildman–Crippen LogP) is 1.21. The van der Waals surface area contributed by atoms with Gasteiger partial charge in [-0.1, -0.05) is 24.6 Å². The van der Waals surface area contributed by atoms with Gasteiger partial charge in [0.15, 0.2) is 13.1 Å². The highest BCUT2D eigenvalue weighted by atomic mass is 32.2. The number of carbonyl (C=O) groups excluding carboxylic acids is 1. The van der Waals surface area contributed by atoms with E-state index in [-0.39, 0.29) is 64.5 Å². The lowest BCUT2D eigenvalue weighted by Crippen LogP contribution is -2.35. The van der Waals surface area contributed by atoms with Gasteiger partial charge >= 0.3 is 5.97 Å². The van der Waals surface area contributed by atoms with Crippen LogP contribution in [0.15, 0.2) is 75.0 Å². The molecule has 4 rings (SSSR count). The molecule has 1 aliphatic carbocycles. The Balaban J connectivity index is 0.000000675. The summed E-state index contributed by atoms with van der Waals surface area (Å²) in [5.74, 6) is -0.788. The lowest BCUT2D eigenvalue weighted by Gasteiger charge is -2.24. The third-order valence-corrected chi connectivity index (χ3v) is 9.83. The average Bonchev–Trinajstić information content (AvgIpc) is 3.23. The average molecular weight is 847 g/mol. The van der Waals surface area contributed by atoms with Gasteiger partial charge in [0.25, 0.3) is 6.26 Å². The maximum Gasteiger partial charge on any atom is 0.314 e. The van der Waals surface area contributed by atoms with Gasteiger partial charge in [0.1, 0.15) is 46.7 Å². The molecule has 0 spiro atoms. The minimum Gasteiger partial charge on any atom is -1.00 e. The normalized spacial score (nSPS) is 11.0. The number of aliphatic hydroxyl groups excluding tert-OH is 6. The van der Waals surface area contributed by atoms with Crippen LogP contribution in [-0.2, 0) is 24.4 Å². The van der Waals surface area contributed by atoms with Gasteiger partial charge < -0.3 is 55.8 Å². The van der Waals surface area contributed by atoms with Crippen molar-refractivity contribution in [3.63, 3.8) is 0 Å². The van der Waals surface area contributed by atoms with Crippen LogP contribution < -0.4 is 14.8 Å². The molecule has 0 radical (unpaired) electrons. The highest BCUT2D eigenvalue weighted by molar-refractivity contribution is 7.85. The number of aliphatic imine (C=N–C) groups is 1. The third-order valence-electron chi connectivity index (χ3n) is 8.93. The molecule has 1 aliphatic heterocycles. The van der Waals surface area contributed by atoms with Gasteiger partial charge in [0.05, 0.1) is 43.9 Å². The molecule has 19 heteroatoms. The maximum absolute atomic E-state index is 12.2. The number of rotatable bonds is 21. The third kappa shape index (κ3) is 15.1. The molecule has 0 fully saturated rings. The summed E-state index contributed by atoms with van der Waals surface area (Å²) >= 11 is 0. The number of carbonyl (C=O) groups is 1. The number of unbranched alkanes of at least 4 members (excludes halogenated alkanes) is 3. The fraction of sp³-hybridized carbons (Fsp3) is 0.450. The molecule has 59 heavy (non-hydrogen) atoms. The zero-order chi connectivity index (χ0) is 43.8. The van der Waals surface area contributed by atoms with Gasteiger partial charge in [-0.2, -0.15) is 5.26 Å². The van der Waals surface area contributed by atoms with Crippen molar-refractivity contribution in [3.05, 3.63) is 66.0 Å². The van der Waals surface area contributed by atoms with Gasteiger partial charge in [-0.25, -0.2) is 22.8 Å². The molecule has 0 aromatic heterocycles. The standard InChI is InChI=1S/C27H30N2O8S.C8H12N2O2.C5H10O4.H/c30-13-9-28(10-14-31)19-5-7-21-24(17-19)37-25-18-20(29(11-15-32)12-16-33)6-8-22(25)27(21)23-3-1-2-4-26(23)38(34,35)36;9-7-12-6-4-2-1-3-5-10-8-11;1-5(2-6,3-7)4(8)9;/h1-8,17-18,30-33H,9-16H2;1-6H2;6-7H,2-3H2,1H3,(H,8,9);/q;;;-1/i;;;1+1. The summed E-state index contributed by atoms with van der Waals surface area (Å²) in [5, 5.41) is 72.3. The molecule has 0 saturated heterocycles. The van der Waals surface area contributed by atoms with Crippen molar-refractivity contribution < 1.29 is 68.9 Å². The van der Waals surface area contributed by atoms with Crippen LogP contribution in [0.25, 0.3) is 33.4 Å². The van der Waals surface area contributed by atoms with Crippen LogP contribution in [0.2, 0.25) is 0 Å². The molecule has 2 aromatic carbocycles. The van der Waals surface area contributed by atoms with Gasteiger partial charge in [0.2, 0.25) is 11.4 Å². The van der Waals surface area contributed by atoms with Crippen molar-refractivity contribution in [2.45, 2.75) is 37.5 Å². The van der Waals surface area contributed by atoms with Crippen molar-refractivity contribution in [2.75, 3.05) is 83.9 Å². The van der Waals surface area contributed by atoms with E-state index >= 15 is 0 Å². The van der Waals surface area contributed by atoms with E-state index in [1.807, 2.05) is 0 Å². The number of nitriles is 1. The van der Waals surface area contributed by atoms with Crippen LogP contribution in [0.3, 0.4) is 0 Å². The number of aliphatic hydroxyl groups is 6. The Hall–Kier alpha value is -5.26. The first kappa shape index (κ1) is 49.9. The van der Waals surface area contributed by atoms with Crippen LogP contribution in [0.5, 0.6) is 0 Å². The van der Waals surface area contributed by atoms with Crippen molar-refractivity contribution in [1.82, 2.24) is 4.58 Å². The second-order valence-electron chi connectivity index (χ2n) is 13.2. The molecule has 2 aromatic rings. The molecule has 7 N–H and O–H groups in total. The number of hydrogen-bond acceptors (Lipinski definition) is 16. The summed E-state index contributed by atoms with van der Waals surface area (Å²) in [4.78, 5) is 24.6. The van der Waals surface area contributed by atoms with Crippen molar-refractivity contribution in [3.8, 4) is 28.7 Å². The van der Waals surface area contributed by atoms with Gasteiger partial charge in [0, 0.05) is 53.0 Å². The molecule has 324 valence electrons. The Kier molecular flexibility index (Phi) is 22.0. The summed E-state index contributed by atoms with van der Waals surface area (Å²) in [7, 11) is -4.80. The number of benzene rings is 3. The number of anilines is 1. The monoisotopic (exact) mass is 846 g/mol. The summed E-state index contributed by atoms with van der Waals surface area (Å²) in [6.07, 6.45) is 6.91. The first-order chi connectivity index (χ1) is 28.3. The van der Waals surface area contributed by atoms with E-state index in [1.165, 1.54) is 25.1 Å². The Morgan fingerprint density at radius 3 is 2.10 bits per heavy atom. The molecule has 0 bridgehead atoms. The SMILES string of the molecule is CC(CO)(CO)C(=O)O.N#COCCCCCCN=C=O.O=S(=O)([O-])c1ccccc1-c1c2ccc(=[N+](CCO)CCO)cc-2oc2cc(N(CCO)CCO)ccc12.[2H-]. The summed E-state index contributed by atoms with van der Waals surface area (Å²) in [6.45, 7) is 1.88. The van der Waals surface area contributed by atoms with E-state index in [4.69, 9.17) is 25.0 Å². The molecule has 0 saturated carbocycles. The first-order valence-corrected chi connectivity index (χ1v) is 20.0. The maximum atomic E-state index is 12.2. The van der Waals surface area contributed by atoms with Crippen LogP contribution in [0.4, 0.5) is 5.69 Å². The minimum atomic E-state index is -4.80. The number of carboxylic acids is 1.